The zero-order valence-electron chi connectivity index (χ0n) is 9.18. The Hall–Kier alpha value is -0.610. The van der Waals surface area contributed by atoms with Gasteiger partial charge in [0.2, 0.25) is 5.91 Å². The number of primary amides is 1. The topological polar surface area (TPSA) is 58.4 Å². The third-order valence-corrected chi connectivity index (χ3v) is 3.01. The maximum atomic E-state index is 11.0. The molecule has 3 N–H and O–H groups in total. The standard InChI is InChI=1S/C10H21N3O/c1-3-13(4-2)8-7-12-10(5-6-10)9(11)14/h12H,3-8H2,1-2H3,(H2,11,14). The van der Waals surface area contributed by atoms with E-state index in [9.17, 15) is 4.79 Å². The van der Waals surface area contributed by atoms with E-state index in [1.54, 1.807) is 0 Å². The predicted molar refractivity (Wildman–Crippen MR) is 57.0 cm³/mol. The minimum atomic E-state index is -0.354. The Morgan fingerprint density at radius 2 is 2.00 bits per heavy atom. The molecule has 0 heterocycles. The van der Waals surface area contributed by atoms with Crippen LogP contribution in [0.3, 0.4) is 0 Å². The van der Waals surface area contributed by atoms with E-state index < -0.39 is 0 Å². The molecule has 0 radical (unpaired) electrons. The van der Waals surface area contributed by atoms with Crippen LogP contribution >= 0.6 is 0 Å². The number of rotatable bonds is 7. The van der Waals surface area contributed by atoms with E-state index in [1.807, 2.05) is 0 Å². The van der Waals surface area contributed by atoms with Crippen molar-refractivity contribution >= 4 is 5.91 Å². The van der Waals surface area contributed by atoms with Crippen molar-refractivity contribution in [2.24, 2.45) is 5.73 Å². The molecule has 82 valence electrons. The van der Waals surface area contributed by atoms with Gasteiger partial charge in [-0.25, -0.2) is 0 Å². The minimum Gasteiger partial charge on any atom is -0.368 e. The van der Waals surface area contributed by atoms with Crippen LogP contribution in [0.4, 0.5) is 0 Å². The first-order chi connectivity index (χ1) is 6.64. The van der Waals surface area contributed by atoms with Crippen LogP contribution in [0, 0.1) is 0 Å². The first kappa shape index (κ1) is 11.5. The number of carbonyl (C=O) groups excluding carboxylic acids is 1. The molecular formula is C10H21N3O. The summed E-state index contributed by atoms with van der Waals surface area (Å²) < 4.78 is 0. The van der Waals surface area contributed by atoms with Crippen LogP contribution in [0.5, 0.6) is 0 Å². The molecule has 1 amide bonds. The summed E-state index contributed by atoms with van der Waals surface area (Å²) in [6, 6.07) is 0. The van der Waals surface area contributed by atoms with Crippen LogP contribution < -0.4 is 11.1 Å². The lowest BCUT2D eigenvalue weighted by Crippen LogP contribution is -2.46. The van der Waals surface area contributed by atoms with Crippen LogP contribution in [-0.2, 0) is 4.79 Å². The molecule has 0 atom stereocenters. The van der Waals surface area contributed by atoms with Gasteiger partial charge in [0, 0.05) is 13.1 Å². The zero-order chi connectivity index (χ0) is 10.6. The monoisotopic (exact) mass is 199 g/mol. The van der Waals surface area contributed by atoms with Crippen molar-refractivity contribution < 1.29 is 4.79 Å². The highest BCUT2D eigenvalue weighted by Gasteiger charge is 2.47. The maximum Gasteiger partial charge on any atom is 0.237 e. The molecule has 14 heavy (non-hydrogen) atoms. The van der Waals surface area contributed by atoms with E-state index in [4.69, 9.17) is 5.73 Å². The lowest BCUT2D eigenvalue weighted by atomic mass is 10.2. The summed E-state index contributed by atoms with van der Waals surface area (Å²) in [5, 5.41) is 3.25. The molecule has 1 aliphatic rings. The number of nitrogens with two attached hydrogens (primary N) is 1. The number of carbonyl (C=O) groups is 1. The average molecular weight is 199 g/mol. The van der Waals surface area contributed by atoms with Crippen molar-refractivity contribution in [2.45, 2.75) is 32.2 Å². The summed E-state index contributed by atoms with van der Waals surface area (Å²) in [5.74, 6) is -0.197. The molecule has 1 rings (SSSR count). The van der Waals surface area contributed by atoms with E-state index in [-0.39, 0.29) is 11.4 Å². The molecule has 0 spiro atoms. The molecule has 4 nitrogen and oxygen atoms in total. The highest BCUT2D eigenvalue weighted by atomic mass is 16.1. The van der Waals surface area contributed by atoms with Gasteiger partial charge >= 0.3 is 0 Å². The lowest BCUT2D eigenvalue weighted by Gasteiger charge is -2.20. The summed E-state index contributed by atoms with van der Waals surface area (Å²) in [5.41, 5.74) is 4.95. The van der Waals surface area contributed by atoms with Crippen molar-refractivity contribution in [2.75, 3.05) is 26.2 Å². The molecule has 0 aliphatic heterocycles. The second-order valence-electron chi connectivity index (χ2n) is 3.90. The molecule has 0 unspecified atom stereocenters. The summed E-state index contributed by atoms with van der Waals surface area (Å²) in [7, 11) is 0. The predicted octanol–water partition coefficient (Wildman–Crippen LogP) is -0.0643. The summed E-state index contributed by atoms with van der Waals surface area (Å²) in [6.45, 7) is 8.24. The summed E-state index contributed by atoms with van der Waals surface area (Å²) >= 11 is 0. The minimum absolute atomic E-state index is 0.197. The van der Waals surface area contributed by atoms with Crippen molar-refractivity contribution in [1.82, 2.24) is 10.2 Å². The molecular weight excluding hydrogens is 178 g/mol. The zero-order valence-corrected chi connectivity index (χ0v) is 9.18. The van der Waals surface area contributed by atoms with Gasteiger partial charge < -0.3 is 16.0 Å². The molecule has 0 saturated heterocycles. The normalized spacial score (nSPS) is 18.5. The highest BCUT2D eigenvalue weighted by Crippen LogP contribution is 2.34. The largest absolute Gasteiger partial charge is 0.368 e. The average Bonchev–Trinajstić information content (AvgIpc) is 2.93. The van der Waals surface area contributed by atoms with Crippen molar-refractivity contribution in [1.29, 1.82) is 0 Å². The molecule has 0 aromatic rings. The van der Waals surface area contributed by atoms with Gasteiger partial charge in [0.1, 0.15) is 0 Å². The SMILES string of the molecule is CCN(CC)CCNC1(C(N)=O)CC1. The summed E-state index contributed by atoms with van der Waals surface area (Å²) in [6.07, 6.45) is 1.81. The number of nitrogens with zero attached hydrogens (tertiary/aromatic N) is 1. The molecule has 0 bridgehead atoms. The third-order valence-electron chi connectivity index (χ3n) is 3.01. The van der Waals surface area contributed by atoms with Gasteiger partial charge in [-0.1, -0.05) is 13.8 Å². The fourth-order valence-electron chi connectivity index (χ4n) is 1.63. The van der Waals surface area contributed by atoms with Crippen molar-refractivity contribution in [3.63, 3.8) is 0 Å². The van der Waals surface area contributed by atoms with Crippen LogP contribution in [0.25, 0.3) is 0 Å². The fourth-order valence-corrected chi connectivity index (χ4v) is 1.63. The number of hydrogen-bond acceptors (Lipinski definition) is 3. The Bertz CT molecular complexity index is 198. The molecule has 1 aliphatic carbocycles. The van der Waals surface area contributed by atoms with E-state index in [0.717, 1.165) is 39.0 Å². The number of amides is 1. The highest BCUT2D eigenvalue weighted by molar-refractivity contribution is 5.87. The van der Waals surface area contributed by atoms with Gasteiger partial charge in [-0.15, -0.1) is 0 Å². The molecule has 0 aromatic heterocycles. The Morgan fingerprint density at radius 1 is 1.43 bits per heavy atom. The van der Waals surface area contributed by atoms with E-state index in [0.29, 0.717) is 0 Å². The molecule has 0 aromatic carbocycles. The van der Waals surface area contributed by atoms with Gasteiger partial charge in [0.15, 0.2) is 0 Å². The van der Waals surface area contributed by atoms with E-state index in [1.165, 1.54) is 0 Å². The van der Waals surface area contributed by atoms with Crippen LogP contribution in [0.15, 0.2) is 0 Å². The van der Waals surface area contributed by atoms with Gasteiger partial charge in [-0.2, -0.15) is 0 Å². The van der Waals surface area contributed by atoms with Crippen molar-refractivity contribution in [3.8, 4) is 0 Å². The van der Waals surface area contributed by atoms with Gasteiger partial charge in [0.05, 0.1) is 5.54 Å². The molecule has 1 saturated carbocycles. The Labute approximate surface area is 85.8 Å². The fraction of sp³-hybridized carbons (Fsp3) is 0.900. The smallest absolute Gasteiger partial charge is 0.237 e. The number of likely N-dealkylation sites (N-methyl/N-ethyl adjacent to an activating group) is 1. The van der Waals surface area contributed by atoms with Crippen molar-refractivity contribution in [3.05, 3.63) is 0 Å². The van der Waals surface area contributed by atoms with Gasteiger partial charge in [-0.05, 0) is 25.9 Å². The third kappa shape index (κ3) is 2.69. The van der Waals surface area contributed by atoms with Gasteiger partial charge in [0.25, 0.3) is 0 Å². The van der Waals surface area contributed by atoms with Crippen LogP contribution in [-0.4, -0.2) is 42.5 Å². The van der Waals surface area contributed by atoms with Gasteiger partial charge in [-0.3, -0.25) is 4.79 Å². The second kappa shape index (κ2) is 4.75. The van der Waals surface area contributed by atoms with Crippen LogP contribution in [0.2, 0.25) is 0 Å². The van der Waals surface area contributed by atoms with E-state index in [2.05, 4.69) is 24.1 Å². The lowest BCUT2D eigenvalue weighted by molar-refractivity contribution is -0.121. The molecule has 1 fully saturated rings. The van der Waals surface area contributed by atoms with Crippen LogP contribution in [0.1, 0.15) is 26.7 Å². The number of nitrogens with one attached hydrogen (secondary N) is 1. The Morgan fingerprint density at radius 3 is 2.36 bits per heavy atom. The summed E-state index contributed by atoms with van der Waals surface area (Å²) in [4.78, 5) is 13.4. The second-order valence-corrected chi connectivity index (χ2v) is 3.90. The quantitative estimate of drug-likeness (QED) is 0.604. The maximum absolute atomic E-state index is 11.0. The first-order valence-electron chi connectivity index (χ1n) is 5.42. The molecule has 4 heteroatoms. The Kier molecular flexibility index (Phi) is 3.89. The number of hydrogen-bond donors (Lipinski definition) is 2. The Balaban J connectivity index is 2.18. The van der Waals surface area contributed by atoms with E-state index >= 15 is 0 Å². The first-order valence-corrected chi connectivity index (χ1v) is 5.42.